The lowest BCUT2D eigenvalue weighted by molar-refractivity contribution is 0.0950. The molecule has 0 unspecified atom stereocenters. The number of phenolic OH excluding ortho intramolecular Hbond substituents is 1. The van der Waals surface area contributed by atoms with E-state index in [2.05, 4.69) is 17.4 Å². The van der Waals surface area contributed by atoms with E-state index < -0.39 is 0 Å². The second kappa shape index (κ2) is 9.15. The summed E-state index contributed by atoms with van der Waals surface area (Å²) in [5.41, 5.74) is 9.76. The molecule has 0 atom stereocenters. The topological polar surface area (TPSA) is 84.6 Å². The second-order valence-corrected chi connectivity index (χ2v) is 7.11. The molecule has 5 heteroatoms. The van der Waals surface area contributed by atoms with Crippen molar-refractivity contribution in [3.05, 3.63) is 82.9 Å². The number of benzene rings is 3. The Hall–Kier alpha value is -3.47. The molecule has 0 saturated heterocycles. The lowest BCUT2D eigenvalue weighted by Gasteiger charge is -2.14. The van der Waals surface area contributed by atoms with Crippen LogP contribution in [-0.4, -0.2) is 17.6 Å². The third-order valence-corrected chi connectivity index (χ3v) is 4.69. The number of nitrogen functional groups attached to an aromatic ring is 1. The van der Waals surface area contributed by atoms with Crippen molar-refractivity contribution >= 4 is 11.6 Å². The maximum atomic E-state index is 12.5. The predicted molar refractivity (Wildman–Crippen MR) is 116 cm³/mol. The highest BCUT2D eigenvalue weighted by atomic mass is 16.5. The van der Waals surface area contributed by atoms with Gasteiger partial charge in [0, 0.05) is 12.2 Å². The lowest BCUT2D eigenvalue weighted by Crippen LogP contribution is -2.24. The molecule has 0 bridgehead atoms. The molecule has 0 aliphatic rings. The number of carbonyl (C=O) groups excluding carboxylic acids is 1. The summed E-state index contributed by atoms with van der Waals surface area (Å²) in [6.07, 6.45) is 1.70. The van der Waals surface area contributed by atoms with Gasteiger partial charge in [0.2, 0.25) is 0 Å². The summed E-state index contributed by atoms with van der Waals surface area (Å²) in [6.45, 7) is 4.35. The van der Waals surface area contributed by atoms with Crippen LogP contribution >= 0.6 is 0 Å². The van der Waals surface area contributed by atoms with E-state index >= 15 is 0 Å². The zero-order valence-electron chi connectivity index (χ0n) is 16.7. The van der Waals surface area contributed by atoms with Gasteiger partial charge in [-0.1, -0.05) is 30.3 Å². The molecule has 0 saturated carbocycles. The Kier molecular flexibility index (Phi) is 6.39. The van der Waals surface area contributed by atoms with Crippen molar-refractivity contribution in [3.8, 4) is 17.2 Å². The van der Waals surface area contributed by atoms with E-state index in [0.29, 0.717) is 23.7 Å². The summed E-state index contributed by atoms with van der Waals surface area (Å²) >= 11 is 0. The van der Waals surface area contributed by atoms with Crippen LogP contribution in [0.1, 0.15) is 33.5 Å². The van der Waals surface area contributed by atoms with Crippen LogP contribution in [0.2, 0.25) is 0 Å². The molecule has 29 heavy (non-hydrogen) atoms. The number of amides is 1. The minimum Gasteiger partial charge on any atom is -0.507 e. The van der Waals surface area contributed by atoms with Crippen LogP contribution in [0, 0.1) is 13.8 Å². The highest BCUT2D eigenvalue weighted by Gasteiger charge is 2.14. The van der Waals surface area contributed by atoms with Gasteiger partial charge in [-0.05, 0) is 73.7 Å². The number of hydrogen-bond acceptors (Lipinski definition) is 4. The van der Waals surface area contributed by atoms with Gasteiger partial charge in [0.1, 0.15) is 17.2 Å². The molecule has 0 fully saturated rings. The van der Waals surface area contributed by atoms with Crippen LogP contribution in [0.3, 0.4) is 0 Å². The first-order valence-electron chi connectivity index (χ1n) is 9.64. The average molecular weight is 390 g/mol. The minimum atomic E-state index is -0.327. The summed E-state index contributed by atoms with van der Waals surface area (Å²) in [7, 11) is 0. The predicted octanol–water partition coefficient (Wildman–Crippen LogP) is 4.75. The number of hydrogen-bond donors (Lipinski definition) is 3. The molecule has 0 heterocycles. The Balaban J connectivity index is 1.65. The van der Waals surface area contributed by atoms with Gasteiger partial charge in [-0.25, -0.2) is 0 Å². The monoisotopic (exact) mass is 390 g/mol. The van der Waals surface area contributed by atoms with Gasteiger partial charge >= 0.3 is 0 Å². The molecule has 4 N–H and O–H groups in total. The van der Waals surface area contributed by atoms with Crippen molar-refractivity contribution < 1.29 is 14.6 Å². The molecule has 0 aliphatic carbocycles. The van der Waals surface area contributed by atoms with E-state index in [1.165, 1.54) is 11.6 Å². The first-order chi connectivity index (χ1) is 13.9. The summed E-state index contributed by atoms with van der Waals surface area (Å²) in [4.78, 5) is 12.5. The Bertz CT molecular complexity index is 977. The number of ether oxygens (including phenoxy) is 1. The molecule has 0 spiro atoms. The van der Waals surface area contributed by atoms with E-state index in [4.69, 9.17) is 10.5 Å². The molecule has 0 aromatic heterocycles. The molecular weight excluding hydrogens is 364 g/mol. The molecule has 3 aromatic rings. The fourth-order valence-corrected chi connectivity index (χ4v) is 3.26. The molecule has 5 nitrogen and oxygen atoms in total. The quantitative estimate of drug-likeness (QED) is 0.402. The smallest absolute Gasteiger partial charge is 0.255 e. The molecule has 1 amide bonds. The highest BCUT2D eigenvalue weighted by Crippen LogP contribution is 2.32. The Morgan fingerprint density at radius 2 is 1.72 bits per heavy atom. The molecular formula is C24H26N2O3. The third-order valence-electron chi connectivity index (χ3n) is 4.69. The standard InChI is InChI=1S/C24H26N2O3/c1-16-13-19(25)14-17(2)23(16)29-20-10-11-22(27)21(15-20)24(28)26-12-6-9-18-7-4-3-5-8-18/h3-5,7-8,10-11,13-15,27H,6,9,12,25H2,1-2H3,(H,26,28). The Labute approximate surface area is 171 Å². The number of carbonyl (C=O) groups is 1. The number of aryl methyl sites for hydroxylation is 3. The second-order valence-electron chi connectivity index (χ2n) is 7.11. The van der Waals surface area contributed by atoms with Crippen LogP contribution in [0.25, 0.3) is 0 Å². The maximum Gasteiger partial charge on any atom is 0.255 e. The number of aromatic hydroxyl groups is 1. The van der Waals surface area contributed by atoms with E-state index in [0.717, 1.165) is 24.0 Å². The van der Waals surface area contributed by atoms with Gasteiger partial charge in [-0.2, -0.15) is 0 Å². The molecule has 0 aliphatic heterocycles. The maximum absolute atomic E-state index is 12.5. The van der Waals surface area contributed by atoms with Crippen LogP contribution in [0.5, 0.6) is 17.2 Å². The van der Waals surface area contributed by atoms with E-state index in [1.54, 1.807) is 12.1 Å². The number of rotatable bonds is 7. The first kappa shape index (κ1) is 20.3. The Morgan fingerprint density at radius 1 is 1.03 bits per heavy atom. The van der Waals surface area contributed by atoms with Crippen LogP contribution in [0.4, 0.5) is 5.69 Å². The summed E-state index contributed by atoms with van der Waals surface area (Å²) in [5, 5.41) is 13.0. The molecule has 3 rings (SSSR count). The zero-order valence-corrected chi connectivity index (χ0v) is 16.7. The SMILES string of the molecule is Cc1cc(N)cc(C)c1Oc1ccc(O)c(C(=O)NCCCc2ccccc2)c1. The normalized spacial score (nSPS) is 10.6. The van der Waals surface area contributed by atoms with Gasteiger partial charge in [0.15, 0.2) is 0 Å². The van der Waals surface area contributed by atoms with E-state index in [9.17, 15) is 9.90 Å². The fraction of sp³-hybridized carbons (Fsp3) is 0.208. The molecule has 150 valence electrons. The van der Waals surface area contributed by atoms with Gasteiger partial charge in [0.25, 0.3) is 5.91 Å². The van der Waals surface area contributed by atoms with Crippen molar-refractivity contribution in [1.29, 1.82) is 0 Å². The third kappa shape index (κ3) is 5.29. The van der Waals surface area contributed by atoms with Crippen LogP contribution in [-0.2, 0) is 6.42 Å². The highest BCUT2D eigenvalue weighted by molar-refractivity contribution is 5.97. The summed E-state index contributed by atoms with van der Waals surface area (Å²) in [5.74, 6) is 0.766. The minimum absolute atomic E-state index is 0.0799. The number of anilines is 1. The van der Waals surface area contributed by atoms with E-state index in [1.807, 2.05) is 44.2 Å². The number of nitrogens with one attached hydrogen (secondary N) is 1. The zero-order chi connectivity index (χ0) is 20.8. The van der Waals surface area contributed by atoms with Crippen molar-refractivity contribution in [2.75, 3.05) is 12.3 Å². The van der Waals surface area contributed by atoms with Crippen molar-refractivity contribution in [2.24, 2.45) is 0 Å². The van der Waals surface area contributed by atoms with E-state index in [-0.39, 0.29) is 17.2 Å². The molecule has 0 radical (unpaired) electrons. The number of nitrogens with two attached hydrogens (primary N) is 1. The van der Waals surface area contributed by atoms with Gasteiger partial charge in [0.05, 0.1) is 5.56 Å². The van der Waals surface area contributed by atoms with Gasteiger partial charge in [-0.15, -0.1) is 0 Å². The summed E-state index contributed by atoms with van der Waals surface area (Å²) < 4.78 is 5.98. The van der Waals surface area contributed by atoms with Crippen molar-refractivity contribution in [1.82, 2.24) is 5.32 Å². The first-order valence-corrected chi connectivity index (χ1v) is 9.64. The fourth-order valence-electron chi connectivity index (χ4n) is 3.26. The van der Waals surface area contributed by atoms with Crippen LogP contribution < -0.4 is 15.8 Å². The summed E-state index contributed by atoms with van der Waals surface area (Å²) in [6, 6.07) is 18.4. The van der Waals surface area contributed by atoms with Crippen molar-refractivity contribution in [3.63, 3.8) is 0 Å². The van der Waals surface area contributed by atoms with Crippen molar-refractivity contribution in [2.45, 2.75) is 26.7 Å². The average Bonchev–Trinajstić information content (AvgIpc) is 2.70. The lowest BCUT2D eigenvalue weighted by atomic mass is 10.1. The number of phenols is 1. The van der Waals surface area contributed by atoms with Crippen LogP contribution in [0.15, 0.2) is 60.7 Å². The Morgan fingerprint density at radius 3 is 2.41 bits per heavy atom. The molecule has 3 aromatic carbocycles. The largest absolute Gasteiger partial charge is 0.507 e. The van der Waals surface area contributed by atoms with Gasteiger partial charge in [-0.3, -0.25) is 4.79 Å². The van der Waals surface area contributed by atoms with Gasteiger partial charge < -0.3 is 20.9 Å².